The van der Waals surface area contributed by atoms with Crippen LogP contribution < -0.4 is 0 Å². The quantitative estimate of drug-likeness (QED) is 0.773. The zero-order chi connectivity index (χ0) is 13.8. The minimum absolute atomic E-state index is 0. The number of hydrogen-bond acceptors (Lipinski definition) is 2. The standard InChI is InChI=1S/C18H25NO.CH4/c20-14-17-9-4-5-10-18(17)11-6-12-19(15-18)13-16-7-2-1-3-8-16;/h1-3,7-8,14,17H,4-6,9-13,15H2;1H4. The molecular weight excluding hydrogens is 258 g/mol. The Morgan fingerprint density at radius 3 is 2.67 bits per heavy atom. The first kappa shape index (κ1) is 16.2. The molecule has 2 heteroatoms. The molecular formula is C19H29NO. The maximum atomic E-state index is 11.5. The number of nitrogens with zero attached hydrogens (tertiary/aromatic N) is 1. The van der Waals surface area contributed by atoms with Crippen LogP contribution in [0.2, 0.25) is 0 Å². The first-order valence-electron chi connectivity index (χ1n) is 8.04. The lowest BCUT2D eigenvalue weighted by atomic mass is 9.63. The van der Waals surface area contributed by atoms with Crippen LogP contribution in [-0.2, 0) is 11.3 Å². The highest BCUT2D eigenvalue weighted by atomic mass is 16.1. The number of benzene rings is 1. The summed E-state index contributed by atoms with van der Waals surface area (Å²) in [5.41, 5.74) is 1.68. The van der Waals surface area contributed by atoms with E-state index in [4.69, 9.17) is 0 Å². The van der Waals surface area contributed by atoms with Crippen LogP contribution in [-0.4, -0.2) is 24.3 Å². The average molecular weight is 287 g/mol. The smallest absolute Gasteiger partial charge is 0.123 e. The number of rotatable bonds is 3. The van der Waals surface area contributed by atoms with Crippen LogP contribution in [0.15, 0.2) is 30.3 Å². The van der Waals surface area contributed by atoms with E-state index in [-0.39, 0.29) is 12.8 Å². The Balaban J connectivity index is 0.00000161. The van der Waals surface area contributed by atoms with Gasteiger partial charge in [0, 0.05) is 19.0 Å². The SMILES string of the molecule is C.O=CC1CCCCC12CCCN(Cc1ccccc1)C2. The Morgan fingerprint density at radius 2 is 1.90 bits per heavy atom. The van der Waals surface area contributed by atoms with Gasteiger partial charge in [0.2, 0.25) is 0 Å². The first-order chi connectivity index (χ1) is 9.82. The number of hydrogen-bond donors (Lipinski definition) is 0. The van der Waals surface area contributed by atoms with Crippen LogP contribution >= 0.6 is 0 Å². The third-order valence-electron chi connectivity index (χ3n) is 5.33. The lowest BCUT2D eigenvalue weighted by Crippen LogP contribution is -2.48. The fourth-order valence-corrected chi connectivity index (χ4v) is 4.29. The van der Waals surface area contributed by atoms with E-state index in [1.807, 2.05) is 0 Å². The minimum atomic E-state index is 0. The number of piperidine rings is 1. The molecule has 0 amide bonds. The van der Waals surface area contributed by atoms with Crippen molar-refractivity contribution in [2.45, 2.75) is 52.5 Å². The number of likely N-dealkylation sites (tertiary alicyclic amines) is 1. The normalized spacial score (nSPS) is 29.8. The summed E-state index contributed by atoms with van der Waals surface area (Å²) >= 11 is 0. The second-order valence-corrected chi connectivity index (χ2v) is 6.65. The van der Waals surface area contributed by atoms with E-state index in [9.17, 15) is 4.79 Å². The Morgan fingerprint density at radius 1 is 1.14 bits per heavy atom. The van der Waals surface area contributed by atoms with Crippen molar-refractivity contribution in [1.29, 1.82) is 0 Å². The molecule has 0 bridgehead atoms. The first-order valence-corrected chi connectivity index (χ1v) is 8.04. The Hall–Kier alpha value is -1.15. The molecule has 2 nitrogen and oxygen atoms in total. The van der Waals surface area contributed by atoms with E-state index >= 15 is 0 Å². The van der Waals surface area contributed by atoms with Gasteiger partial charge in [-0.1, -0.05) is 50.6 Å². The summed E-state index contributed by atoms with van der Waals surface area (Å²) < 4.78 is 0. The van der Waals surface area contributed by atoms with Gasteiger partial charge in [0.05, 0.1) is 0 Å². The molecule has 2 fully saturated rings. The van der Waals surface area contributed by atoms with Crippen LogP contribution in [0.4, 0.5) is 0 Å². The third kappa shape index (κ3) is 3.55. The highest BCUT2D eigenvalue weighted by molar-refractivity contribution is 5.55. The number of carbonyl (C=O) groups is 1. The summed E-state index contributed by atoms with van der Waals surface area (Å²) in [6, 6.07) is 10.7. The Labute approximate surface area is 129 Å². The molecule has 1 saturated heterocycles. The highest BCUT2D eigenvalue weighted by Gasteiger charge is 2.43. The zero-order valence-electron chi connectivity index (χ0n) is 12.3. The van der Waals surface area contributed by atoms with Crippen molar-refractivity contribution < 1.29 is 4.79 Å². The van der Waals surface area contributed by atoms with Crippen molar-refractivity contribution in [3.8, 4) is 0 Å². The van der Waals surface area contributed by atoms with Gasteiger partial charge in [-0.2, -0.15) is 0 Å². The summed E-state index contributed by atoms with van der Waals surface area (Å²) in [5.74, 6) is 0.301. The maximum absolute atomic E-state index is 11.5. The van der Waals surface area contributed by atoms with Crippen molar-refractivity contribution in [1.82, 2.24) is 4.90 Å². The van der Waals surface area contributed by atoms with Crippen molar-refractivity contribution in [3.05, 3.63) is 35.9 Å². The maximum Gasteiger partial charge on any atom is 0.123 e. The molecule has 0 radical (unpaired) electrons. The Bertz CT molecular complexity index is 440. The molecule has 116 valence electrons. The van der Waals surface area contributed by atoms with E-state index in [1.165, 1.54) is 50.5 Å². The predicted molar refractivity (Wildman–Crippen MR) is 88.1 cm³/mol. The number of carbonyl (C=O) groups excluding carboxylic acids is 1. The van der Waals surface area contributed by atoms with Crippen molar-refractivity contribution in [3.63, 3.8) is 0 Å². The van der Waals surface area contributed by atoms with Gasteiger partial charge in [-0.15, -0.1) is 0 Å². The average Bonchev–Trinajstić information content (AvgIpc) is 2.49. The molecule has 1 aliphatic carbocycles. The monoisotopic (exact) mass is 287 g/mol. The van der Waals surface area contributed by atoms with Gasteiger partial charge in [-0.05, 0) is 43.2 Å². The molecule has 21 heavy (non-hydrogen) atoms. The zero-order valence-corrected chi connectivity index (χ0v) is 12.3. The van der Waals surface area contributed by atoms with Gasteiger partial charge in [0.15, 0.2) is 0 Å². The molecule has 1 heterocycles. The minimum Gasteiger partial charge on any atom is -0.303 e. The van der Waals surface area contributed by atoms with Crippen LogP contribution in [0, 0.1) is 11.3 Å². The fourth-order valence-electron chi connectivity index (χ4n) is 4.29. The van der Waals surface area contributed by atoms with E-state index in [1.54, 1.807) is 0 Å². The van der Waals surface area contributed by atoms with Crippen LogP contribution in [0.3, 0.4) is 0 Å². The van der Waals surface area contributed by atoms with E-state index < -0.39 is 0 Å². The lowest BCUT2D eigenvalue weighted by molar-refractivity contribution is -0.119. The van der Waals surface area contributed by atoms with Gasteiger partial charge in [0.1, 0.15) is 6.29 Å². The van der Waals surface area contributed by atoms with Crippen LogP contribution in [0.1, 0.15) is 51.5 Å². The summed E-state index contributed by atoms with van der Waals surface area (Å²) in [6.07, 6.45) is 8.67. The molecule has 2 unspecified atom stereocenters. The molecule has 1 aromatic rings. The number of aldehydes is 1. The third-order valence-corrected chi connectivity index (χ3v) is 5.33. The summed E-state index contributed by atoms with van der Waals surface area (Å²) in [4.78, 5) is 14.0. The fraction of sp³-hybridized carbons (Fsp3) is 0.632. The topological polar surface area (TPSA) is 20.3 Å². The molecule has 1 saturated carbocycles. The molecule has 1 aliphatic heterocycles. The largest absolute Gasteiger partial charge is 0.303 e. The van der Waals surface area contributed by atoms with Gasteiger partial charge < -0.3 is 4.79 Å². The Kier molecular flexibility index (Phi) is 5.58. The van der Waals surface area contributed by atoms with Crippen LogP contribution in [0.25, 0.3) is 0 Å². The van der Waals surface area contributed by atoms with E-state index in [0.29, 0.717) is 5.92 Å². The second kappa shape index (κ2) is 7.22. The molecule has 0 N–H and O–H groups in total. The van der Waals surface area contributed by atoms with Crippen LogP contribution in [0.5, 0.6) is 0 Å². The van der Waals surface area contributed by atoms with Crippen molar-refractivity contribution >= 4 is 6.29 Å². The predicted octanol–water partition coefficient (Wildman–Crippen LogP) is 4.29. The summed E-state index contributed by atoms with van der Waals surface area (Å²) in [6.45, 7) is 3.34. The van der Waals surface area contributed by atoms with E-state index in [0.717, 1.165) is 19.5 Å². The molecule has 2 atom stereocenters. The van der Waals surface area contributed by atoms with Crippen molar-refractivity contribution in [2.24, 2.45) is 11.3 Å². The molecule has 0 aromatic heterocycles. The van der Waals surface area contributed by atoms with Gasteiger partial charge in [0.25, 0.3) is 0 Å². The summed E-state index contributed by atoms with van der Waals surface area (Å²) in [5, 5.41) is 0. The summed E-state index contributed by atoms with van der Waals surface area (Å²) in [7, 11) is 0. The van der Waals surface area contributed by atoms with Gasteiger partial charge in [-0.3, -0.25) is 4.90 Å². The van der Waals surface area contributed by atoms with Gasteiger partial charge in [-0.25, -0.2) is 0 Å². The lowest BCUT2D eigenvalue weighted by Gasteiger charge is -2.48. The molecule has 2 aliphatic rings. The van der Waals surface area contributed by atoms with Crippen molar-refractivity contribution in [2.75, 3.05) is 13.1 Å². The molecule has 1 aromatic carbocycles. The second-order valence-electron chi connectivity index (χ2n) is 6.65. The van der Waals surface area contributed by atoms with E-state index in [2.05, 4.69) is 35.2 Å². The highest BCUT2D eigenvalue weighted by Crippen LogP contribution is 2.46. The molecule has 1 spiro atoms. The van der Waals surface area contributed by atoms with Gasteiger partial charge >= 0.3 is 0 Å². The molecule has 3 rings (SSSR count).